The minimum Gasteiger partial charge on any atom is -0.475 e. The van der Waals surface area contributed by atoms with Crippen molar-refractivity contribution in [3.05, 3.63) is 23.2 Å². The molecule has 0 atom stereocenters. The van der Waals surface area contributed by atoms with Gasteiger partial charge in [0, 0.05) is 17.9 Å². The van der Waals surface area contributed by atoms with Crippen LogP contribution in [0.4, 0.5) is 0 Å². The number of nitrogens with zero attached hydrogens (tertiary/aromatic N) is 1. The second-order valence-electron chi connectivity index (χ2n) is 4.27. The first-order valence-corrected chi connectivity index (χ1v) is 6.95. The normalized spacial score (nSPS) is 17.9. The van der Waals surface area contributed by atoms with E-state index >= 15 is 0 Å². The predicted molar refractivity (Wildman–Crippen MR) is 67.6 cm³/mol. The van der Waals surface area contributed by atoms with Gasteiger partial charge in [-0.05, 0) is 31.7 Å². The van der Waals surface area contributed by atoms with Gasteiger partial charge in [-0.25, -0.2) is 4.79 Å². The van der Waals surface area contributed by atoms with Gasteiger partial charge in [0.05, 0.1) is 6.54 Å². The number of furan rings is 1. The molecular formula is C12H17NO3S. The molecule has 2 rings (SSSR count). The van der Waals surface area contributed by atoms with Crippen LogP contribution in [0.3, 0.4) is 0 Å². The third kappa shape index (κ3) is 3.26. The maximum Gasteiger partial charge on any atom is 0.372 e. The molecule has 0 amide bonds. The summed E-state index contributed by atoms with van der Waals surface area (Å²) in [5, 5.41) is 8.92. The fourth-order valence-electron chi connectivity index (χ4n) is 2.01. The highest BCUT2D eigenvalue weighted by atomic mass is 32.2. The maximum atomic E-state index is 10.9. The molecule has 0 unspecified atom stereocenters. The molecule has 1 aliphatic rings. The van der Waals surface area contributed by atoms with Crippen molar-refractivity contribution in [2.24, 2.45) is 0 Å². The van der Waals surface area contributed by atoms with Gasteiger partial charge in [-0.1, -0.05) is 0 Å². The zero-order valence-corrected chi connectivity index (χ0v) is 10.8. The molecule has 4 nitrogen and oxygen atoms in total. The van der Waals surface area contributed by atoms with Crippen LogP contribution in [0, 0.1) is 6.92 Å². The van der Waals surface area contributed by atoms with Crippen molar-refractivity contribution in [3.8, 4) is 0 Å². The zero-order chi connectivity index (χ0) is 12.3. The number of carbonyl (C=O) groups is 1. The third-order valence-corrected chi connectivity index (χ3v) is 3.91. The number of carboxylic acids is 1. The number of hydrogen-bond donors (Lipinski definition) is 1. The summed E-state index contributed by atoms with van der Waals surface area (Å²) in [6, 6.07) is 1.83. The van der Waals surface area contributed by atoms with Gasteiger partial charge >= 0.3 is 5.97 Å². The third-order valence-electron chi connectivity index (χ3n) is 2.86. The summed E-state index contributed by atoms with van der Waals surface area (Å²) < 4.78 is 5.37. The van der Waals surface area contributed by atoms with Crippen LogP contribution in [0.15, 0.2) is 10.5 Å². The van der Waals surface area contributed by atoms with E-state index in [4.69, 9.17) is 9.52 Å². The first-order valence-electron chi connectivity index (χ1n) is 5.79. The molecule has 2 heterocycles. The summed E-state index contributed by atoms with van der Waals surface area (Å²) in [7, 11) is 0. The number of aryl methyl sites for hydroxylation is 1. The summed E-state index contributed by atoms with van der Waals surface area (Å²) in [5.74, 6) is 2.20. The Morgan fingerprint density at radius 2 is 2.35 bits per heavy atom. The molecule has 1 N–H and O–H groups in total. The number of rotatable bonds is 3. The SMILES string of the molecule is Cc1cc(CN2CCCSCC2)oc1C(=O)O. The van der Waals surface area contributed by atoms with E-state index in [1.807, 2.05) is 17.8 Å². The predicted octanol–water partition coefficient (Wildman–Crippen LogP) is 2.23. The average molecular weight is 255 g/mol. The Kier molecular flexibility index (Phi) is 4.12. The van der Waals surface area contributed by atoms with Crippen LogP contribution in [0.5, 0.6) is 0 Å². The van der Waals surface area contributed by atoms with Crippen LogP contribution < -0.4 is 0 Å². The smallest absolute Gasteiger partial charge is 0.372 e. The summed E-state index contributed by atoms with van der Waals surface area (Å²) in [4.78, 5) is 13.2. The molecule has 0 aromatic carbocycles. The molecule has 1 fully saturated rings. The second-order valence-corrected chi connectivity index (χ2v) is 5.50. The van der Waals surface area contributed by atoms with Crippen molar-refractivity contribution >= 4 is 17.7 Å². The molecule has 1 aromatic rings. The molecule has 1 saturated heterocycles. The van der Waals surface area contributed by atoms with Crippen LogP contribution in [0.25, 0.3) is 0 Å². The molecule has 1 aromatic heterocycles. The maximum absolute atomic E-state index is 10.9. The van der Waals surface area contributed by atoms with E-state index < -0.39 is 5.97 Å². The van der Waals surface area contributed by atoms with Gasteiger partial charge < -0.3 is 9.52 Å². The lowest BCUT2D eigenvalue weighted by molar-refractivity contribution is 0.0657. The Labute approximate surface area is 105 Å². The lowest BCUT2D eigenvalue weighted by Gasteiger charge is -2.17. The Balaban J connectivity index is 2.02. The first kappa shape index (κ1) is 12.5. The van der Waals surface area contributed by atoms with E-state index in [0.717, 1.165) is 24.6 Å². The van der Waals surface area contributed by atoms with Crippen molar-refractivity contribution in [1.82, 2.24) is 4.90 Å². The van der Waals surface area contributed by atoms with Crippen LogP contribution in [-0.4, -0.2) is 40.6 Å². The highest BCUT2D eigenvalue weighted by molar-refractivity contribution is 7.99. The summed E-state index contributed by atoms with van der Waals surface area (Å²) >= 11 is 1.98. The fourth-order valence-corrected chi connectivity index (χ4v) is 2.94. The van der Waals surface area contributed by atoms with Crippen molar-refractivity contribution in [1.29, 1.82) is 0 Å². The lowest BCUT2D eigenvalue weighted by Crippen LogP contribution is -2.25. The van der Waals surface area contributed by atoms with Crippen molar-refractivity contribution < 1.29 is 14.3 Å². The molecule has 0 radical (unpaired) electrons. The molecule has 0 spiro atoms. The van der Waals surface area contributed by atoms with Crippen LogP contribution in [0.2, 0.25) is 0 Å². The van der Waals surface area contributed by atoms with Gasteiger partial charge in [-0.2, -0.15) is 11.8 Å². The molecule has 94 valence electrons. The van der Waals surface area contributed by atoms with Crippen LogP contribution in [-0.2, 0) is 6.54 Å². The standard InChI is InChI=1S/C12H17NO3S/c1-9-7-10(16-11(9)12(14)15)8-13-3-2-5-17-6-4-13/h7H,2-6,8H2,1H3,(H,14,15). The van der Waals surface area contributed by atoms with E-state index in [-0.39, 0.29) is 5.76 Å². The van der Waals surface area contributed by atoms with E-state index in [0.29, 0.717) is 12.1 Å². The molecular weight excluding hydrogens is 238 g/mol. The lowest BCUT2D eigenvalue weighted by atomic mass is 10.2. The molecule has 17 heavy (non-hydrogen) atoms. The topological polar surface area (TPSA) is 53.7 Å². The monoisotopic (exact) mass is 255 g/mol. The van der Waals surface area contributed by atoms with Gasteiger partial charge in [0.2, 0.25) is 5.76 Å². The van der Waals surface area contributed by atoms with Crippen LogP contribution in [0.1, 0.15) is 28.3 Å². The number of thioether (sulfide) groups is 1. The quantitative estimate of drug-likeness (QED) is 0.897. The van der Waals surface area contributed by atoms with Crippen molar-refractivity contribution in [2.75, 3.05) is 24.6 Å². The van der Waals surface area contributed by atoms with Gasteiger partial charge in [0.25, 0.3) is 0 Å². The largest absolute Gasteiger partial charge is 0.475 e. The average Bonchev–Trinajstić information content (AvgIpc) is 2.50. The summed E-state index contributed by atoms with van der Waals surface area (Å²) in [6.07, 6.45) is 1.19. The van der Waals surface area contributed by atoms with E-state index in [2.05, 4.69) is 4.90 Å². The minimum atomic E-state index is -0.986. The Morgan fingerprint density at radius 3 is 3.06 bits per heavy atom. The van der Waals surface area contributed by atoms with Gasteiger partial charge in [-0.15, -0.1) is 0 Å². The zero-order valence-electron chi connectivity index (χ0n) is 9.94. The Bertz CT molecular complexity index is 394. The molecule has 1 aliphatic heterocycles. The summed E-state index contributed by atoms with van der Waals surface area (Å²) in [5.41, 5.74) is 0.705. The Hall–Kier alpha value is -0.940. The first-order chi connectivity index (χ1) is 8.16. The number of carboxylic acid groups (broad SMARTS) is 1. The van der Waals surface area contributed by atoms with Crippen molar-refractivity contribution in [2.45, 2.75) is 19.9 Å². The molecule has 0 bridgehead atoms. The van der Waals surface area contributed by atoms with Crippen LogP contribution >= 0.6 is 11.8 Å². The van der Waals surface area contributed by atoms with Crippen molar-refractivity contribution in [3.63, 3.8) is 0 Å². The van der Waals surface area contributed by atoms with E-state index in [1.165, 1.54) is 12.2 Å². The second kappa shape index (κ2) is 5.60. The minimum absolute atomic E-state index is 0.0733. The molecule has 0 aliphatic carbocycles. The van der Waals surface area contributed by atoms with Gasteiger partial charge in [0.1, 0.15) is 5.76 Å². The number of hydrogen-bond acceptors (Lipinski definition) is 4. The van der Waals surface area contributed by atoms with Gasteiger partial charge in [-0.3, -0.25) is 4.90 Å². The highest BCUT2D eigenvalue weighted by Crippen LogP contribution is 2.18. The highest BCUT2D eigenvalue weighted by Gasteiger charge is 2.17. The van der Waals surface area contributed by atoms with E-state index in [1.54, 1.807) is 6.92 Å². The fraction of sp³-hybridized carbons (Fsp3) is 0.583. The Morgan fingerprint density at radius 1 is 1.53 bits per heavy atom. The molecule has 5 heteroatoms. The molecule has 0 saturated carbocycles. The number of aromatic carboxylic acids is 1. The summed E-state index contributed by atoms with van der Waals surface area (Å²) in [6.45, 7) is 4.60. The van der Waals surface area contributed by atoms with E-state index in [9.17, 15) is 4.79 Å². The van der Waals surface area contributed by atoms with Gasteiger partial charge in [0.15, 0.2) is 0 Å².